The van der Waals surface area contributed by atoms with Crippen molar-refractivity contribution in [3.8, 4) is 5.75 Å². The SMILES string of the molecule is O=C(O)CN(C(=O)CCC1CCCC1)c1ccc(O)cc1. The first-order valence-corrected chi connectivity index (χ1v) is 7.37. The molecule has 5 nitrogen and oxygen atoms in total. The Kier molecular flexibility index (Phi) is 5.20. The second-order valence-electron chi connectivity index (χ2n) is 5.58. The van der Waals surface area contributed by atoms with E-state index in [4.69, 9.17) is 5.11 Å². The van der Waals surface area contributed by atoms with Crippen LogP contribution < -0.4 is 4.90 Å². The molecule has 0 unspecified atom stereocenters. The Bertz CT molecular complexity index is 492. The molecule has 1 aliphatic carbocycles. The van der Waals surface area contributed by atoms with Gasteiger partial charge >= 0.3 is 5.97 Å². The van der Waals surface area contributed by atoms with Gasteiger partial charge < -0.3 is 15.1 Å². The predicted molar refractivity (Wildman–Crippen MR) is 79.3 cm³/mol. The van der Waals surface area contributed by atoms with Crippen molar-refractivity contribution in [2.24, 2.45) is 5.92 Å². The summed E-state index contributed by atoms with van der Waals surface area (Å²) in [5.41, 5.74) is 0.506. The van der Waals surface area contributed by atoms with Crippen molar-refractivity contribution < 1.29 is 19.8 Å². The first-order valence-electron chi connectivity index (χ1n) is 7.37. The maximum atomic E-state index is 12.3. The van der Waals surface area contributed by atoms with Crippen molar-refractivity contribution in [2.45, 2.75) is 38.5 Å². The molecule has 5 heteroatoms. The molecular weight excluding hydrogens is 270 g/mol. The van der Waals surface area contributed by atoms with Gasteiger partial charge in [0, 0.05) is 12.1 Å². The van der Waals surface area contributed by atoms with Gasteiger partial charge in [-0.05, 0) is 36.6 Å². The number of carboxylic acids is 1. The van der Waals surface area contributed by atoms with Gasteiger partial charge in [0.1, 0.15) is 12.3 Å². The molecule has 0 spiro atoms. The van der Waals surface area contributed by atoms with Crippen LogP contribution in [-0.4, -0.2) is 28.6 Å². The van der Waals surface area contributed by atoms with E-state index in [0.717, 1.165) is 6.42 Å². The molecule has 0 aliphatic heterocycles. The number of hydrogen-bond donors (Lipinski definition) is 2. The Balaban J connectivity index is 2.01. The molecule has 1 saturated carbocycles. The van der Waals surface area contributed by atoms with Crippen LogP contribution in [0.5, 0.6) is 5.75 Å². The number of aliphatic carboxylic acids is 1. The summed E-state index contributed by atoms with van der Waals surface area (Å²) in [6, 6.07) is 6.03. The fourth-order valence-corrected chi connectivity index (χ4v) is 2.85. The minimum absolute atomic E-state index is 0.0902. The van der Waals surface area contributed by atoms with Gasteiger partial charge in [-0.3, -0.25) is 9.59 Å². The molecule has 0 saturated heterocycles. The fraction of sp³-hybridized carbons (Fsp3) is 0.500. The van der Waals surface area contributed by atoms with Crippen LogP contribution in [0.2, 0.25) is 0 Å². The third-order valence-electron chi connectivity index (χ3n) is 4.00. The van der Waals surface area contributed by atoms with E-state index >= 15 is 0 Å². The summed E-state index contributed by atoms with van der Waals surface area (Å²) in [6.45, 7) is -0.353. The highest BCUT2D eigenvalue weighted by atomic mass is 16.4. The van der Waals surface area contributed by atoms with Crippen LogP contribution in [0, 0.1) is 5.92 Å². The summed E-state index contributed by atoms with van der Waals surface area (Å²) in [5.74, 6) is -0.528. The standard InChI is InChI=1S/C16H21NO4/c18-14-8-6-13(7-9-14)17(11-16(20)21)15(19)10-5-12-3-1-2-4-12/h6-9,12,18H,1-5,10-11H2,(H,20,21). The number of carbonyl (C=O) groups is 2. The summed E-state index contributed by atoms with van der Waals surface area (Å²) in [4.78, 5) is 24.6. The highest BCUT2D eigenvalue weighted by Crippen LogP contribution is 2.29. The topological polar surface area (TPSA) is 77.8 Å². The van der Waals surface area contributed by atoms with Gasteiger partial charge in [-0.2, -0.15) is 0 Å². The smallest absolute Gasteiger partial charge is 0.323 e. The quantitative estimate of drug-likeness (QED) is 0.844. The maximum Gasteiger partial charge on any atom is 0.323 e. The molecule has 1 aromatic rings. The number of anilines is 1. The third-order valence-corrected chi connectivity index (χ3v) is 4.00. The molecule has 21 heavy (non-hydrogen) atoms. The summed E-state index contributed by atoms with van der Waals surface area (Å²) in [6.07, 6.45) is 6.01. The zero-order chi connectivity index (χ0) is 15.2. The summed E-state index contributed by atoms with van der Waals surface area (Å²) < 4.78 is 0. The van der Waals surface area contributed by atoms with E-state index in [1.165, 1.54) is 42.7 Å². The Morgan fingerprint density at radius 2 is 1.76 bits per heavy atom. The van der Waals surface area contributed by atoms with Crippen LogP contribution >= 0.6 is 0 Å². The number of carboxylic acid groups (broad SMARTS) is 1. The molecule has 1 aromatic carbocycles. The maximum absolute atomic E-state index is 12.3. The number of hydrogen-bond acceptors (Lipinski definition) is 3. The van der Waals surface area contributed by atoms with Crippen LogP contribution in [0.1, 0.15) is 38.5 Å². The van der Waals surface area contributed by atoms with E-state index < -0.39 is 5.97 Å². The Labute approximate surface area is 124 Å². The lowest BCUT2D eigenvalue weighted by Crippen LogP contribution is -2.35. The molecule has 1 amide bonds. The third kappa shape index (κ3) is 4.48. The minimum Gasteiger partial charge on any atom is -0.508 e. The molecule has 1 aliphatic rings. The largest absolute Gasteiger partial charge is 0.508 e. The second kappa shape index (κ2) is 7.11. The number of benzene rings is 1. The molecule has 0 aromatic heterocycles. The van der Waals surface area contributed by atoms with Crippen LogP contribution in [0.4, 0.5) is 5.69 Å². The second-order valence-corrected chi connectivity index (χ2v) is 5.58. The van der Waals surface area contributed by atoms with Gasteiger partial charge in [-0.1, -0.05) is 25.7 Å². The van der Waals surface area contributed by atoms with Crippen molar-refractivity contribution in [1.29, 1.82) is 0 Å². The molecular formula is C16H21NO4. The van der Waals surface area contributed by atoms with Crippen LogP contribution in [0.15, 0.2) is 24.3 Å². The Morgan fingerprint density at radius 3 is 2.33 bits per heavy atom. The molecule has 1 fully saturated rings. The summed E-state index contributed by atoms with van der Waals surface area (Å²) in [5, 5.41) is 18.3. The monoisotopic (exact) mass is 291 g/mol. The van der Waals surface area contributed by atoms with Crippen LogP contribution in [0.25, 0.3) is 0 Å². The number of aromatic hydroxyl groups is 1. The number of nitrogens with zero attached hydrogens (tertiary/aromatic N) is 1. The average molecular weight is 291 g/mol. The predicted octanol–water partition coefficient (Wildman–Crippen LogP) is 2.78. The molecule has 0 atom stereocenters. The Hall–Kier alpha value is -2.04. The minimum atomic E-state index is -1.04. The van der Waals surface area contributed by atoms with Gasteiger partial charge in [0.25, 0.3) is 0 Å². The molecule has 2 rings (SSSR count). The lowest BCUT2D eigenvalue weighted by Gasteiger charge is -2.21. The van der Waals surface area contributed by atoms with E-state index in [0.29, 0.717) is 18.0 Å². The first-order chi connectivity index (χ1) is 10.1. The number of amides is 1. The highest BCUT2D eigenvalue weighted by Gasteiger charge is 2.21. The van der Waals surface area contributed by atoms with Crippen molar-refractivity contribution in [2.75, 3.05) is 11.4 Å². The lowest BCUT2D eigenvalue weighted by molar-refractivity contribution is -0.136. The summed E-state index contributed by atoms with van der Waals surface area (Å²) in [7, 11) is 0. The molecule has 2 N–H and O–H groups in total. The van der Waals surface area contributed by atoms with E-state index in [9.17, 15) is 14.7 Å². The van der Waals surface area contributed by atoms with Gasteiger partial charge in [0.05, 0.1) is 0 Å². The van der Waals surface area contributed by atoms with Crippen molar-refractivity contribution in [3.05, 3.63) is 24.3 Å². The van der Waals surface area contributed by atoms with Gasteiger partial charge in [-0.15, -0.1) is 0 Å². The van der Waals surface area contributed by atoms with E-state index in [2.05, 4.69) is 0 Å². The number of phenolic OH excluding ortho intramolecular Hbond substituents is 1. The van der Waals surface area contributed by atoms with Gasteiger partial charge in [0.15, 0.2) is 0 Å². The van der Waals surface area contributed by atoms with Crippen LogP contribution in [-0.2, 0) is 9.59 Å². The zero-order valence-electron chi connectivity index (χ0n) is 12.0. The number of carbonyl (C=O) groups excluding carboxylic acids is 1. The molecule has 0 heterocycles. The lowest BCUT2D eigenvalue weighted by atomic mass is 10.0. The first kappa shape index (κ1) is 15.4. The summed E-state index contributed by atoms with van der Waals surface area (Å²) >= 11 is 0. The van der Waals surface area contributed by atoms with Crippen molar-refractivity contribution in [1.82, 2.24) is 0 Å². The van der Waals surface area contributed by atoms with Gasteiger partial charge in [-0.25, -0.2) is 0 Å². The van der Waals surface area contributed by atoms with Crippen molar-refractivity contribution in [3.63, 3.8) is 0 Å². The van der Waals surface area contributed by atoms with E-state index in [1.54, 1.807) is 12.1 Å². The number of rotatable bonds is 6. The highest BCUT2D eigenvalue weighted by molar-refractivity contribution is 5.97. The van der Waals surface area contributed by atoms with E-state index in [1.807, 2.05) is 0 Å². The van der Waals surface area contributed by atoms with Crippen LogP contribution in [0.3, 0.4) is 0 Å². The van der Waals surface area contributed by atoms with E-state index in [-0.39, 0.29) is 18.2 Å². The number of phenols is 1. The molecule has 114 valence electrons. The Morgan fingerprint density at radius 1 is 1.14 bits per heavy atom. The average Bonchev–Trinajstić information content (AvgIpc) is 2.96. The zero-order valence-corrected chi connectivity index (χ0v) is 12.0. The van der Waals surface area contributed by atoms with Crippen molar-refractivity contribution >= 4 is 17.6 Å². The fourth-order valence-electron chi connectivity index (χ4n) is 2.85. The molecule has 0 bridgehead atoms. The normalized spacial score (nSPS) is 15.0. The van der Waals surface area contributed by atoms with Gasteiger partial charge in [0.2, 0.25) is 5.91 Å². The molecule has 0 radical (unpaired) electrons.